The van der Waals surface area contributed by atoms with E-state index in [4.69, 9.17) is 33.2 Å². The second kappa shape index (κ2) is 20.9. The molecule has 2 aromatic carbocycles. The second-order valence-corrected chi connectivity index (χ2v) is 14.7. The number of ether oxygens (including phenoxy) is 7. The van der Waals surface area contributed by atoms with Gasteiger partial charge in [0.05, 0.1) is 72.0 Å². The van der Waals surface area contributed by atoms with Crippen molar-refractivity contribution in [2.45, 2.75) is 103 Å². The lowest BCUT2D eigenvalue weighted by atomic mass is 10.2. The smallest absolute Gasteiger partial charge is 0.411 e. The number of likely N-dealkylation sites (tertiary alicyclic amines) is 2. The van der Waals surface area contributed by atoms with Crippen LogP contribution in [0.15, 0.2) is 60.7 Å². The van der Waals surface area contributed by atoms with Crippen molar-refractivity contribution in [1.29, 1.82) is 0 Å². The SMILES string of the molecule is CC(C)(C)OC(=O)N1C[C@H](OCCOCc2ccccc2)C[C@H]1C(=O)O.COC(=O)[C@@H]1C[C@@H](OCCOCc2ccccc2)CN1C(=O)OC(C)(C)C. The third-order valence-electron chi connectivity index (χ3n) is 7.93. The number of hydrogen-bond donors (Lipinski definition) is 1. The zero-order valence-corrected chi connectivity index (χ0v) is 32.0. The molecular formula is C39H56N2O12. The molecule has 0 aromatic heterocycles. The Morgan fingerprint density at radius 1 is 0.642 bits per heavy atom. The van der Waals surface area contributed by atoms with Crippen LogP contribution in [0.4, 0.5) is 9.59 Å². The Balaban J connectivity index is 0.000000286. The van der Waals surface area contributed by atoms with Crippen LogP contribution in [-0.2, 0) is 56.0 Å². The van der Waals surface area contributed by atoms with E-state index in [1.807, 2.05) is 60.7 Å². The van der Waals surface area contributed by atoms with Crippen LogP contribution in [0.2, 0.25) is 0 Å². The summed E-state index contributed by atoms with van der Waals surface area (Å²) in [6.07, 6.45) is -1.15. The fourth-order valence-corrected chi connectivity index (χ4v) is 5.55. The third-order valence-corrected chi connectivity index (χ3v) is 7.93. The number of rotatable bonds is 14. The summed E-state index contributed by atoms with van der Waals surface area (Å²) in [5, 5.41) is 9.35. The van der Waals surface area contributed by atoms with E-state index >= 15 is 0 Å². The number of aliphatic carboxylic acids is 1. The van der Waals surface area contributed by atoms with Crippen LogP contribution in [-0.4, -0.2) is 121 Å². The summed E-state index contributed by atoms with van der Waals surface area (Å²) < 4.78 is 38.1. The van der Waals surface area contributed by atoms with Crippen LogP contribution in [0.5, 0.6) is 0 Å². The molecule has 4 atom stereocenters. The van der Waals surface area contributed by atoms with Crippen molar-refractivity contribution < 1.29 is 57.4 Å². The lowest BCUT2D eigenvalue weighted by molar-refractivity contribution is -0.145. The molecule has 1 N–H and O–H groups in total. The molecule has 2 aromatic rings. The van der Waals surface area contributed by atoms with Gasteiger partial charge in [0.25, 0.3) is 0 Å². The van der Waals surface area contributed by atoms with E-state index in [1.165, 1.54) is 16.9 Å². The number of hydrogen-bond acceptors (Lipinski definition) is 11. The highest BCUT2D eigenvalue weighted by Gasteiger charge is 2.43. The molecule has 0 radical (unpaired) electrons. The van der Waals surface area contributed by atoms with E-state index in [2.05, 4.69) is 0 Å². The number of carbonyl (C=O) groups excluding carboxylic acids is 3. The molecule has 14 nitrogen and oxygen atoms in total. The van der Waals surface area contributed by atoms with Gasteiger partial charge in [-0.05, 0) is 52.7 Å². The highest BCUT2D eigenvalue weighted by molar-refractivity contribution is 5.82. The number of esters is 1. The van der Waals surface area contributed by atoms with E-state index in [0.717, 1.165) is 11.1 Å². The maximum absolute atomic E-state index is 12.4. The number of carbonyl (C=O) groups is 4. The van der Waals surface area contributed by atoms with Crippen molar-refractivity contribution in [3.63, 3.8) is 0 Å². The molecule has 2 saturated heterocycles. The minimum absolute atomic E-state index is 0.199. The van der Waals surface area contributed by atoms with E-state index in [-0.39, 0.29) is 31.7 Å². The summed E-state index contributed by atoms with van der Waals surface area (Å²) in [6, 6.07) is 18.1. The lowest BCUT2D eigenvalue weighted by Crippen LogP contribution is -2.44. The van der Waals surface area contributed by atoms with Gasteiger partial charge in [-0.2, -0.15) is 0 Å². The highest BCUT2D eigenvalue weighted by atomic mass is 16.6. The van der Waals surface area contributed by atoms with Gasteiger partial charge in [0.15, 0.2) is 0 Å². The maximum Gasteiger partial charge on any atom is 0.411 e. The highest BCUT2D eigenvalue weighted by Crippen LogP contribution is 2.25. The fraction of sp³-hybridized carbons (Fsp3) is 0.590. The molecule has 2 aliphatic heterocycles. The molecule has 2 heterocycles. The van der Waals surface area contributed by atoms with Crippen LogP contribution in [0.3, 0.4) is 0 Å². The molecule has 2 amide bonds. The molecule has 2 aliphatic rings. The number of amides is 2. The van der Waals surface area contributed by atoms with Gasteiger partial charge in [0.1, 0.15) is 23.3 Å². The van der Waals surface area contributed by atoms with Gasteiger partial charge in [-0.3, -0.25) is 9.80 Å². The van der Waals surface area contributed by atoms with Crippen molar-refractivity contribution in [2.75, 3.05) is 46.6 Å². The third kappa shape index (κ3) is 15.7. The summed E-state index contributed by atoms with van der Waals surface area (Å²) in [5.74, 6) is -1.52. The minimum Gasteiger partial charge on any atom is -0.480 e. The zero-order chi connectivity index (χ0) is 39.0. The average molecular weight is 745 g/mol. The Morgan fingerprint density at radius 2 is 1.04 bits per heavy atom. The molecular weight excluding hydrogens is 688 g/mol. The lowest BCUT2D eigenvalue weighted by Gasteiger charge is -2.27. The Bertz CT molecular complexity index is 1430. The maximum atomic E-state index is 12.4. The van der Waals surface area contributed by atoms with E-state index in [0.29, 0.717) is 46.1 Å². The predicted molar refractivity (Wildman–Crippen MR) is 194 cm³/mol. The number of benzene rings is 2. The van der Waals surface area contributed by atoms with Crippen LogP contribution in [0, 0.1) is 0 Å². The molecule has 53 heavy (non-hydrogen) atoms. The van der Waals surface area contributed by atoms with Gasteiger partial charge in [-0.15, -0.1) is 0 Å². The first-order valence-corrected chi connectivity index (χ1v) is 17.8. The largest absolute Gasteiger partial charge is 0.480 e. The fourth-order valence-electron chi connectivity index (χ4n) is 5.55. The van der Waals surface area contributed by atoms with E-state index < -0.39 is 47.4 Å². The first kappa shape index (κ1) is 43.2. The second-order valence-electron chi connectivity index (χ2n) is 14.7. The molecule has 0 bridgehead atoms. The predicted octanol–water partition coefficient (Wildman–Crippen LogP) is 5.45. The Morgan fingerprint density at radius 3 is 1.42 bits per heavy atom. The Kier molecular flexibility index (Phi) is 17.0. The molecule has 4 rings (SSSR count). The van der Waals surface area contributed by atoms with E-state index in [1.54, 1.807) is 41.5 Å². The van der Waals surface area contributed by atoms with Crippen molar-refractivity contribution in [3.05, 3.63) is 71.8 Å². The molecule has 14 heteroatoms. The quantitative estimate of drug-likeness (QED) is 0.148. The molecule has 0 spiro atoms. The van der Waals surface area contributed by atoms with Crippen molar-refractivity contribution in [1.82, 2.24) is 9.80 Å². The first-order chi connectivity index (χ1) is 25.1. The van der Waals surface area contributed by atoms with Crippen molar-refractivity contribution in [2.24, 2.45) is 0 Å². The van der Waals surface area contributed by atoms with E-state index in [9.17, 15) is 24.3 Å². The van der Waals surface area contributed by atoms with Gasteiger partial charge in [0, 0.05) is 12.8 Å². The number of nitrogens with zero attached hydrogens (tertiary/aromatic N) is 2. The molecule has 0 saturated carbocycles. The monoisotopic (exact) mass is 744 g/mol. The summed E-state index contributed by atoms with van der Waals surface area (Å²) in [6.45, 7) is 13.6. The van der Waals surface area contributed by atoms with Crippen LogP contribution in [0.1, 0.15) is 65.5 Å². The average Bonchev–Trinajstić information content (AvgIpc) is 3.73. The van der Waals surface area contributed by atoms with Gasteiger partial charge < -0.3 is 38.3 Å². The Labute approximate surface area is 312 Å². The van der Waals surface area contributed by atoms with Gasteiger partial charge >= 0.3 is 24.1 Å². The van der Waals surface area contributed by atoms with Crippen LogP contribution < -0.4 is 0 Å². The first-order valence-electron chi connectivity index (χ1n) is 17.8. The van der Waals surface area contributed by atoms with Gasteiger partial charge in [0.2, 0.25) is 0 Å². The molecule has 294 valence electrons. The standard InChI is InChI=1S/C20H29NO6.C19H27NO6/c1-20(2,3)27-19(23)21-13-16(12-17(21)18(22)24-4)26-11-10-25-14-15-8-6-5-7-9-15;1-19(2,3)26-18(23)20-12-15(11-16(20)17(21)22)25-10-9-24-13-14-7-5-4-6-8-14/h5-9,16-17H,10-14H2,1-4H3;4-8,15-16H,9-13H2,1-3H3,(H,21,22)/t16-,17+;15-,16+/m11/s1. The van der Waals surface area contributed by atoms with Gasteiger partial charge in [-0.25, -0.2) is 19.2 Å². The summed E-state index contributed by atoms with van der Waals surface area (Å²) in [4.78, 5) is 50.7. The van der Waals surface area contributed by atoms with Crippen LogP contribution in [0.25, 0.3) is 0 Å². The zero-order valence-electron chi connectivity index (χ0n) is 32.0. The summed E-state index contributed by atoms with van der Waals surface area (Å²) >= 11 is 0. The van der Waals surface area contributed by atoms with Crippen LogP contribution >= 0.6 is 0 Å². The molecule has 0 unspecified atom stereocenters. The summed E-state index contributed by atoms with van der Waals surface area (Å²) in [7, 11) is 1.31. The molecule has 2 fully saturated rings. The number of methoxy groups -OCH3 is 1. The normalized spacial score (nSPS) is 20.0. The molecule has 0 aliphatic carbocycles. The van der Waals surface area contributed by atoms with Crippen molar-refractivity contribution >= 4 is 24.1 Å². The minimum atomic E-state index is -1.05. The Hall–Kier alpha value is -4.24. The summed E-state index contributed by atoms with van der Waals surface area (Å²) in [5.41, 5.74) is 0.863. The number of carboxylic acids is 1. The topological polar surface area (TPSA) is 160 Å². The number of carboxylic acid groups (broad SMARTS) is 1. The van der Waals surface area contributed by atoms with Crippen molar-refractivity contribution in [3.8, 4) is 0 Å². The van der Waals surface area contributed by atoms with Gasteiger partial charge in [-0.1, -0.05) is 60.7 Å².